The molecule has 0 saturated heterocycles. The number of ether oxygens (including phenoxy) is 1. The largest absolute Gasteiger partial charge is 0.478 e. The number of aryl methyl sites for hydroxylation is 2. The number of aromatic carboxylic acids is 1. The molecule has 3 nitrogen and oxygen atoms in total. The maximum absolute atomic E-state index is 11.9. The van der Waals surface area contributed by atoms with Gasteiger partial charge in [0, 0.05) is 0 Å². The van der Waals surface area contributed by atoms with E-state index >= 15 is 0 Å². The second-order valence-corrected chi connectivity index (χ2v) is 3.12. The smallest absolute Gasteiger partial charge is 0.387 e. The summed E-state index contributed by atoms with van der Waals surface area (Å²) < 4.78 is 28.0. The highest BCUT2D eigenvalue weighted by atomic mass is 19.3. The van der Waals surface area contributed by atoms with Crippen molar-refractivity contribution in [3.05, 3.63) is 28.8 Å². The van der Waals surface area contributed by atoms with E-state index < -0.39 is 12.6 Å². The maximum atomic E-state index is 11.9. The number of hydrogen-bond donors (Lipinski definition) is 1. The summed E-state index contributed by atoms with van der Waals surface area (Å²) in [6.07, 6.45) is 0. The van der Waals surface area contributed by atoms with Crippen molar-refractivity contribution < 1.29 is 23.4 Å². The zero-order valence-corrected chi connectivity index (χ0v) is 8.25. The van der Waals surface area contributed by atoms with Crippen LogP contribution in [0.4, 0.5) is 8.78 Å². The van der Waals surface area contributed by atoms with E-state index in [-0.39, 0.29) is 11.3 Å². The molecule has 0 aliphatic rings. The first-order chi connectivity index (χ1) is 6.91. The first-order valence-corrected chi connectivity index (χ1v) is 4.21. The van der Waals surface area contributed by atoms with Gasteiger partial charge < -0.3 is 9.84 Å². The average molecular weight is 216 g/mol. The summed E-state index contributed by atoms with van der Waals surface area (Å²) >= 11 is 0. The summed E-state index contributed by atoms with van der Waals surface area (Å²) in [4.78, 5) is 10.8. The minimum Gasteiger partial charge on any atom is -0.478 e. The van der Waals surface area contributed by atoms with E-state index in [1.807, 2.05) is 0 Å². The first-order valence-electron chi connectivity index (χ1n) is 4.21. The normalized spacial score (nSPS) is 10.5. The molecule has 0 atom stereocenters. The van der Waals surface area contributed by atoms with Gasteiger partial charge in [-0.3, -0.25) is 0 Å². The van der Waals surface area contributed by atoms with Gasteiger partial charge in [0.2, 0.25) is 0 Å². The van der Waals surface area contributed by atoms with Crippen LogP contribution in [0.15, 0.2) is 12.1 Å². The van der Waals surface area contributed by atoms with Gasteiger partial charge in [-0.1, -0.05) is 0 Å². The van der Waals surface area contributed by atoms with Crippen LogP contribution in [0.1, 0.15) is 21.5 Å². The number of hydrogen-bond acceptors (Lipinski definition) is 2. The fourth-order valence-corrected chi connectivity index (χ4v) is 1.43. The lowest BCUT2D eigenvalue weighted by molar-refractivity contribution is -0.0498. The third kappa shape index (κ3) is 2.65. The SMILES string of the molecule is Cc1cc(OC(F)F)cc(C)c1C(=O)O. The fraction of sp³-hybridized carbons (Fsp3) is 0.300. The molecule has 1 aromatic carbocycles. The molecular formula is C10H10F2O3. The van der Waals surface area contributed by atoms with Gasteiger partial charge >= 0.3 is 12.6 Å². The lowest BCUT2D eigenvalue weighted by Crippen LogP contribution is -2.06. The summed E-state index contributed by atoms with van der Waals surface area (Å²) in [6, 6.07) is 2.56. The Morgan fingerprint density at radius 2 is 1.80 bits per heavy atom. The lowest BCUT2D eigenvalue weighted by Gasteiger charge is -2.09. The number of carbonyl (C=O) groups is 1. The van der Waals surface area contributed by atoms with Gasteiger partial charge in [-0.15, -0.1) is 0 Å². The van der Waals surface area contributed by atoms with Crippen LogP contribution in [0.5, 0.6) is 5.75 Å². The molecule has 15 heavy (non-hydrogen) atoms. The van der Waals surface area contributed by atoms with Gasteiger partial charge in [-0.05, 0) is 37.1 Å². The quantitative estimate of drug-likeness (QED) is 0.844. The van der Waals surface area contributed by atoms with Gasteiger partial charge in [-0.25, -0.2) is 4.79 Å². The highest BCUT2D eigenvalue weighted by Crippen LogP contribution is 2.23. The molecule has 1 aromatic rings. The minimum absolute atomic E-state index is 0.0231. The number of benzene rings is 1. The van der Waals surface area contributed by atoms with Crippen LogP contribution in [0.2, 0.25) is 0 Å². The molecule has 0 spiro atoms. The molecule has 0 heterocycles. The second kappa shape index (κ2) is 4.25. The predicted octanol–water partition coefficient (Wildman–Crippen LogP) is 2.60. The van der Waals surface area contributed by atoms with Crippen molar-refractivity contribution in [3.8, 4) is 5.75 Å². The molecule has 0 fully saturated rings. The van der Waals surface area contributed by atoms with E-state index in [0.717, 1.165) is 0 Å². The first kappa shape index (κ1) is 11.4. The molecular weight excluding hydrogens is 206 g/mol. The van der Waals surface area contributed by atoms with Gasteiger partial charge in [0.1, 0.15) is 5.75 Å². The molecule has 82 valence electrons. The van der Waals surface area contributed by atoms with E-state index in [0.29, 0.717) is 11.1 Å². The molecule has 0 radical (unpaired) electrons. The fourth-order valence-electron chi connectivity index (χ4n) is 1.43. The molecule has 1 rings (SSSR count). The molecule has 0 amide bonds. The van der Waals surface area contributed by atoms with Crippen LogP contribution in [-0.2, 0) is 0 Å². The molecule has 0 aromatic heterocycles. The zero-order chi connectivity index (χ0) is 11.6. The van der Waals surface area contributed by atoms with E-state index in [4.69, 9.17) is 5.11 Å². The Balaban J connectivity index is 3.14. The topological polar surface area (TPSA) is 46.5 Å². The molecule has 1 N–H and O–H groups in total. The van der Waals surface area contributed by atoms with Crippen LogP contribution >= 0.6 is 0 Å². The highest BCUT2D eigenvalue weighted by Gasteiger charge is 2.13. The Morgan fingerprint density at radius 3 is 2.13 bits per heavy atom. The Labute approximate surface area is 85.3 Å². The van der Waals surface area contributed by atoms with Gasteiger partial charge in [-0.2, -0.15) is 8.78 Å². The van der Waals surface area contributed by atoms with E-state index in [2.05, 4.69) is 4.74 Å². The summed E-state index contributed by atoms with van der Waals surface area (Å²) in [6.45, 7) is 0.170. The lowest BCUT2D eigenvalue weighted by atomic mass is 10.0. The van der Waals surface area contributed by atoms with Gasteiger partial charge in [0.25, 0.3) is 0 Å². The van der Waals surface area contributed by atoms with E-state index in [1.54, 1.807) is 0 Å². The van der Waals surface area contributed by atoms with Crippen molar-refractivity contribution in [2.75, 3.05) is 0 Å². The predicted molar refractivity (Wildman–Crippen MR) is 49.5 cm³/mol. The third-order valence-electron chi connectivity index (χ3n) is 1.95. The molecule has 0 saturated carbocycles. The van der Waals surface area contributed by atoms with Crippen molar-refractivity contribution in [2.45, 2.75) is 20.5 Å². The Bertz CT molecular complexity index is 365. The van der Waals surface area contributed by atoms with Crippen molar-refractivity contribution in [1.29, 1.82) is 0 Å². The highest BCUT2D eigenvalue weighted by molar-refractivity contribution is 5.91. The number of halogens is 2. The van der Waals surface area contributed by atoms with Crippen LogP contribution in [0, 0.1) is 13.8 Å². The van der Waals surface area contributed by atoms with Crippen LogP contribution in [-0.4, -0.2) is 17.7 Å². The van der Waals surface area contributed by atoms with Crippen LogP contribution < -0.4 is 4.74 Å². The number of carboxylic acids is 1. The summed E-state index contributed by atoms with van der Waals surface area (Å²) in [5, 5.41) is 8.83. The second-order valence-electron chi connectivity index (χ2n) is 3.12. The van der Waals surface area contributed by atoms with E-state index in [9.17, 15) is 13.6 Å². The van der Waals surface area contributed by atoms with Crippen molar-refractivity contribution >= 4 is 5.97 Å². The Morgan fingerprint density at radius 1 is 1.33 bits per heavy atom. The molecule has 0 unspecified atom stereocenters. The average Bonchev–Trinajstić information content (AvgIpc) is 1.99. The minimum atomic E-state index is -2.90. The van der Waals surface area contributed by atoms with E-state index in [1.165, 1.54) is 26.0 Å². The van der Waals surface area contributed by atoms with Crippen molar-refractivity contribution in [1.82, 2.24) is 0 Å². The molecule has 0 aliphatic heterocycles. The monoisotopic (exact) mass is 216 g/mol. The molecule has 5 heteroatoms. The number of alkyl halides is 2. The summed E-state index contributed by atoms with van der Waals surface area (Å²) in [7, 11) is 0. The van der Waals surface area contributed by atoms with Crippen molar-refractivity contribution in [2.24, 2.45) is 0 Å². The molecule has 0 bridgehead atoms. The Hall–Kier alpha value is -1.65. The summed E-state index contributed by atoms with van der Waals surface area (Å²) in [5.74, 6) is -1.10. The summed E-state index contributed by atoms with van der Waals surface area (Å²) in [5.41, 5.74) is 0.924. The van der Waals surface area contributed by atoms with Crippen LogP contribution in [0.25, 0.3) is 0 Å². The van der Waals surface area contributed by atoms with Gasteiger partial charge in [0.15, 0.2) is 0 Å². The molecule has 0 aliphatic carbocycles. The van der Waals surface area contributed by atoms with Gasteiger partial charge in [0.05, 0.1) is 5.56 Å². The maximum Gasteiger partial charge on any atom is 0.387 e. The van der Waals surface area contributed by atoms with Crippen LogP contribution in [0.3, 0.4) is 0 Å². The third-order valence-corrected chi connectivity index (χ3v) is 1.95. The zero-order valence-electron chi connectivity index (χ0n) is 8.25. The number of rotatable bonds is 3. The van der Waals surface area contributed by atoms with Crippen molar-refractivity contribution in [3.63, 3.8) is 0 Å². The Kier molecular flexibility index (Phi) is 3.24. The standard InChI is InChI=1S/C10H10F2O3/c1-5-3-7(15-10(11)12)4-6(2)8(5)9(13)14/h3-4,10H,1-2H3,(H,13,14). The number of carboxylic acid groups (broad SMARTS) is 1.